The van der Waals surface area contributed by atoms with E-state index in [1.54, 1.807) is 0 Å². The number of fused-ring (bicyclic) bond motifs is 1. The van der Waals surface area contributed by atoms with E-state index in [1.165, 1.54) is 16.7 Å². The van der Waals surface area contributed by atoms with Crippen molar-refractivity contribution in [2.75, 3.05) is 38.2 Å². The fourth-order valence-electron chi connectivity index (χ4n) is 5.23. The molecule has 2 heterocycles. The van der Waals surface area contributed by atoms with Crippen LogP contribution in [0.4, 0.5) is 5.69 Å². The van der Waals surface area contributed by atoms with Gasteiger partial charge in [0.05, 0.1) is 12.3 Å². The van der Waals surface area contributed by atoms with Crippen molar-refractivity contribution in [1.29, 1.82) is 0 Å². The van der Waals surface area contributed by atoms with Crippen LogP contribution in [-0.2, 0) is 11.2 Å². The second-order valence-corrected chi connectivity index (χ2v) is 10.6. The van der Waals surface area contributed by atoms with Crippen LogP contribution in [0.2, 0.25) is 5.02 Å². The smallest absolute Gasteiger partial charge is 0.223 e. The average molecular weight is 495 g/mol. The van der Waals surface area contributed by atoms with Gasteiger partial charge in [0.1, 0.15) is 5.75 Å². The maximum atomic E-state index is 12.8. The standard InChI is InChI=1S/C30H39ClN2O2/c1-4-10-24-18-26(31)12-13-27(24)25-20-33-16-9-7-5-6-8-15-32(3)30(34)17-22(2)23-11-14-29(35-21-25)28(33)19-23/h6,8,11-14,18-19,22,25H,4-5,7,9-10,15-17,20-21H2,1-3H3/b8-6+. The summed E-state index contributed by atoms with van der Waals surface area (Å²) in [5.41, 5.74) is 5.04. The molecule has 2 aliphatic rings. The topological polar surface area (TPSA) is 32.8 Å². The first-order valence-corrected chi connectivity index (χ1v) is 13.5. The molecule has 5 heteroatoms. The fraction of sp³-hybridized carbons (Fsp3) is 0.500. The van der Waals surface area contributed by atoms with E-state index in [-0.39, 0.29) is 17.7 Å². The molecule has 1 amide bonds. The summed E-state index contributed by atoms with van der Waals surface area (Å²) in [4.78, 5) is 17.1. The zero-order chi connectivity index (χ0) is 24.8. The van der Waals surface area contributed by atoms with Gasteiger partial charge in [0, 0.05) is 44.0 Å². The molecule has 0 radical (unpaired) electrons. The van der Waals surface area contributed by atoms with E-state index in [0.717, 1.165) is 61.7 Å². The van der Waals surface area contributed by atoms with Gasteiger partial charge in [-0.3, -0.25) is 4.79 Å². The van der Waals surface area contributed by atoms with Gasteiger partial charge in [-0.25, -0.2) is 0 Å². The zero-order valence-corrected chi connectivity index (χ0v) is 22.2. The third-order valence-corrected chi connectivity index (χ3v) is 7.57. The lowest BCUT2D eigenvalue weighted by molar-refractivity contribution is -0.129. The second kappa shape index (κ2) is 12.0. The molecule has 2 aromatic rings. The van der Waals surface area contributed by atoms with E-state index in [4.69, 9.17) is 16.3 Å². The number of aryl methyl sites for hydroxylation is 1. The molecule has 0 N–H and O–H groups in total. The number of likely N-dealkylation sites (N-methyl/N-ethyl adjacent to an activating group) is 1. The first kappa shape index (κ1) is 25.6. The van der Waals surface area contributed by atoms with Crippen molar-refractivity contribution in [1.82, 2.24) is 4.90 Å². The predicted molar refractivity (Wildman–Crippen MR) is 146 cm³/mol. The highest BCUT2D eigenvalue weighted by Crippen LogP contribution is 2.38. The number of halogens is 1. The van der Waals surface area contributed by atoms with Crippen LogP contribution in [0.5, 0.6) is 5.75 Å². The maximum absolute atomic E-state index is 12.8. The van der Waals surface area contributed by atoms with Crippen molar-refractivity contribution in [3.05, 3.63) is 70.3 Å². The van der Waals surface area contributed by atoms with Crippen LogP contribution in [0.1, 0.15) is 74.5 Å². The van der Waals surface area contributed by atoms with Gasteiger partial charge >= 0.3 is 0 Å². The lowest BCUT2D eigenvalue weighted by Crippen LogP contribution is -2.30. The molecule has 0 saturated heterocycles. The molecule has 4 rings (SSSR count). The first-order valence-electron chi connectivity index (χ1n) is 13.1. The van der Waals surface area contributed by atoms with Crippen LogP contribution in [-0.4, -0.2) is 44.1 Å². The molecule has 2 atom stereocenters. The highest BCUT2D eigenvalue weighted by atomic mass is 35.5. The summed E-state index contributed by atoms with van der Waals surface area (Å²) in [6.45, 7) is 7.61. The Morgan fingerprint density at radius 3 is 2.80 bits per heavy atom. The molecule has 0 aliphatic carbocycles. The van der Waals surface area contributed by atoms with Gasteiger partial charge in [0.2, 0.25) is 5.91 Å². The SMILES string of the molecule is CCCc1cc(Cl)ccc1C1COc2ccc3cc2N(CCCC/C=C/CN(C)C(=O)CC3C)C1. The molecular weight excluding hydrogens is 456 g/mol. The zero-order valence-electron chi connectivity index (χ0n) is 21.4. The van der Waals surface area contributed by atoms with Crippen molar-refractivity contribution in [3.63, 3.8) is 0 Å². The predicted octanol–water partition coefficient (Wildman–Crippen LogP) is 6.97. The number of amides is 1. The van der Waals surface area contributed by atoms with Crippen LogP contribution in [0.3, 0.4) is 0 Å². The molecule has 2 aliphatic heterocycles. The van der Waals surface area contributed by atoms with Crippen LogP contribution in [0.15, 0.2) is 48.6 Å². The van der Waals surface area contributed by atoms with Gasteiger partial charge < -0.3 is 14.5 Å². The monoisotopic (exact) mass is 494 g/mol. The average Bonchev–Trinajstić information content (AvgIpc) is 3.02. The fourth-order valence-corrected chi connectivity index (χ4v) is 5.42. The van der Waals surface area contributed by atoms with Gasteiger partial charge in [-0.05, 0) is 72.6 Å². The Balaban J connectivity index is 1.66. The summed E-state index contributed by atoms with van der Waals surface area (Å²) >= 11 is 6.36. The minimum Gasteiger partial charge on any atom is -0.491 e. The van der Waals surface area contributed by atoms with Crippen LogP contribution < -0.4 is 9.64 Å². The largest absolute Gasteiger partial charge is 0.491 e. The molecule has 35 heavy (non-hydrogen) atoms. The number of allylic oxidation sites excluding steroid dienone is 1. The molecule has 0 fully saturated rings. The van der Waals surface area contributed by atoms with Gasteiger partial charge in [0.15, 0.2) is 0 Å². The van der Waals surface area contributed by atoms with Gasteiger partial charge in [0.25, 0.3) is 0 Å². The Hall–Kier alpha value is -2.46. The first-order chi connectivity index (χ1) is 17.0. The Kier molecular flexibility index (Phi) is 8.78. The second-order valence-electron chi connectivity index (χ2n) is 10.1. The molecule has 0 saturated carbocycles. The number of carbonyl (C=O) groups excluding carboxylic acids is 1. The quantitative estimate of drug-likeness (QED) is 0.432. The highest BCUT2D eigenvalue weighted by Gasteiger charge is 2.27. The third kappa shape index (κ3) is 6.41. The van der Waals surface area contributed by atoms with E-state index in [1.807, 2.05) is 18.0 Å². The van der Waals surface area contributed by atoms with Gasteiger partial charge in [-0.1, -0.05) is 56.2 Å². The number of rotatable bonds is 3. The van der Waals surface area contributed by atoms with Crippen molar-refractivity contribution >= 4 is 23.2 Å². The minimum atomic E-state index is 0.151. The number of carbonyl (C=O) groups is 1. The molecule has 0 spiro atoms. The van der Waals surface area contributed by atoms with E-state index in [9.17, 15) is 4.79 Å². The third-order valence-electron chi connectivity index (χ3n) is 7.34. The number of benzene rings is 2. The minimum absolute atomic E-state index is 0.151. The van der Waals surface area contributed by atoms with Crippen LogP contribution >= 0.6 is 11.6 Å². The van der Waals surface area contributed by atoms with Crippen LogP contribution in [0, 0.1) is 0 Å². The van der Waals surface area contributed by atoms with Crippen molar-refractivity contribution in [2.24, 2.45) is 0 Å². The molecule has 2 bridgehead atoms. The van der Waals surface area contributed by atoms with Crippen molar-refractivity contribution < 1.29 is 9.53 Å². The van der Waals surface area contributed by atoms with Crippen LogP contribution in [0.25, 0.3) is 0 Å². The Morgan fingerprint density at radius 1 is 1.11 bits per heavy atom. The normalized spacial score (nSPS) is 22.6. The summed E-state index contributed by atoms with van der Waals surface area (Å²) < 4.78 is 6.44. The lowest BCUT2D eigenvalue weighted by Gasteiger charge is -2.28. The maximum Gasteiger partial charge on any atom is 0.223 e. The highest BCUT2D eigenvalue weighted by molar-refractivity contribution is 6.30. The summed E-state index contributed by atoms with van der Waals surface area (Å²) in [5, 5.41) is 0.802. The summed E-state index contributed by atoms with van der Waals surface area (Å²) in [7, 11) is 1.90. The summed E-state index contributed by atoms with van der Waals surface area (Å²) in [6, 6.07) is 12.9. The molecule has 2 aromatic carbocycles. The molecular formula is C30H39ClN2O2. The Morgan fingerprint density at radius 2 is 1.97 bits per heavy atom. The number of ether oxygens (including phenoxy) is 1. The van der Waals surface area contributed by atoms with Gasteiger partial charge in [-0.15, -0.1) is 0 Å². The number of hydrogen-bond acceptors (Lipinski definition) is 3. The summed E-state index contributed by atoms with van der Waals surface area (Å²) in [6.07, 6.45) is 10.3. The van der Waals surface area contributed by atoms with E-state index in [2.05, 4.69) is 61.2 Å². The molecule has 2 unspecified atom stereocenters. The van der Waals surface area contributed by atoms with Crippen molar-refractivity contribution in [2.45, 2.75) is 64.2 Å². The number of hydrogen-bond donors (Lipinski definition) is 0. The molecule has 4 nitrogen and oxygen atoms in total. The summed E-state index contributed by atoms with van der Waals surface area (Å²) in [5.74, 6) is 1.56. The Bertz CT molecular complexity index is 1050. The van der Waals surface area contributed by atoms with E-state index < -0.39 is 0 Å². The molecule has 0 aromatic heterocycles. The molecule has 188 valence electrons. The number of anilines is 1. The number of nitrogens with zero attached hydrogens (tertiary/aromatic N) is 2. The van der Waals surface area contributed by atoms with E-state index >= 15 is 0 Å². The Labute approximate surface area is 215 Å². The van der Waals surface area contributed by atoms with Crippen molar-refractivity contribution in [3.8, 4) is 5.75 Å². The van der Waals surface area contributed by atoms with Gasteiger partial charge in [-0.2, -0.15) is 0 Å². The lowest BCUT2D eigenvalue weighted by atomic mass is 9.92. The van der Waals surface area contributed by atoms with E-state index in [0.29, 0.717) is 19.6 Å².